The van der Waals surface area contributed by atoms with Gasteiger partial charge in [-0.2, -0.15) is 0 Å². The monoisotopic (exact) mass is 306 g/mol. The summed E-state index contributed by atoms with van der Waals surface area (Å²) in [7, 11) is 0. The fraction of sp³-hybridized carbons (Fsp3) is 0.611. The summed E-state index contributed by atoms with van der Waals surface area (Å²) in [6.45, 7) is 13.3. The molecule has 0 fully saturated rings. The summed E-state index contributed by atoms with van der Waals surface area (Å²) in [5.41, 5.74) is 0.633. The van der Waals surface area contributed by atoms with Gasteiger partial charge in [-0.1, -0.05) is 41.5 Å². The zero-order valence-electron chi connectivity index (χ0n) is 14.9. The fourth-order valence-corrected chi connectivity index (χ4v) is 2.34. The Hall–Kier alpha value is -1.71. The topological polar surface area (TPSA) is 59.1 Å². The van der Waals surface area contributed by atoms with Gasteiger partial charge in [0.05, 0.1) is 12.0 Å². The van der Waals surface area contributed by atoms with Gasteiger partial charge in [-0.15, -0.1) is 0 Å². The van der Waals surface area contributed by atoms with E-state index in [-0.39, 0.29) is 23.0 Å². The SMILES string of the molecule is CC.CC[C@H](C(=O)NC(C(C)=O)C(C)(C)C)c1ccncc1. The van der Waals surface area contributed by atoms with Crippen LogP contribution in [0.4, 0.5) is 0 Å². The second-order valence-corrected chi connectivity index (χ2v) is 6.16. The number of carbonyl (C=O) groups excluding carboxylic acids is 2. The molecule has 0 aliphatic carbocycles. The van der Waals surface area contributed by atoms with Crippen LogP contribution in [0, 0.1) is 5.41 Å². The average molecular weight is 306 g/mol. The largest absolute Gasteiger partial charge is 0.345 e. The Morgan fingerprint density at radius 1 is 1.18 bits per heavy atom. The highest BCUT2D eigenvalue weighted by Gasteiger charge is 2.32. The van der Waals surface area contributed by atoms with Crippen molar-refractivity contribution in [1.29, 1.82) is 0 Å². The van der Waals surface area contributed by atoms with Crippen molar-refractivity contribution in [3.63, 3.8) is 0 Å². The molecule has 1 aromatic heterocycles. The van der Waals surface area contributed by atoms with Crippen molar-refractivity contribution in [1.82, 2.24) is 10.3 Å². The van der Waals surface area contributed by atoms with Gasteiger partial charge in [0.25, 0.3) is 0 Å². The molecule has 2 atom stereocenters. The van der Waals surface area contributed by atoms with Crippen LogP contribution in [0.1, 0.15) is 66.4 Å². The predicted octanol–water partition coefficient (Wildman–Crippen LogP) is 3.72. The quantitative estimate of drug-likeness (QED) is 0.902. The maximum Gasteiger partial charge on any atom is 0.228 e. The van der Waals surface area contributed by atoms with Gasteiger partial charge in [0, 0.05) is 12.4 Å². The van der Waals surface area contributed by atoms with Crippen molar-refractivity contribution in [2.24, 2.45) is 5.41 Å². The highest BCUT2D eigenvalue weighted by atomic mass is 16.2. The molecule has 0 aromatic carbocycles. The molecule has 4 nitrogen and oxygen atoms in total. The van der Waals surface area contributed by atoms with E-state index in [1.54, 1.807) is 12.4 Å². The van der Waals surface area contributed by atoms with Crippen LogP contribution in [0.25, 0.3) is 0 Å². The van der Waals surface area contributed by atoms with E-state index in [2.05, 4.69) is 10.3 Å². The zero-order valence-corrected chi connectivity index (χ0v) is 14.9. The molecule has 0 saturated carbocycles. The summed E-state index contributed by atoms with van der Waals surface area (Å²) in [4.78, 5) is 28.2. The zero-order chi connectivity index (χ0) is 17.3. The van der Waals surface area contributed by atoms with E-state index in [9.17, 15) is 9.59 Å². The molecule has 1 unspecified atom stereocenters. The molecule has 22 heavy (non-hydrogen) atoms. The van der Waals surface area contributed by atoms with Crippen molar-refractivity contribution in [2.75, 3.05) is 0 Å². The standard InChI is InChI=1S/C16H24N2O2.C2H6/c1-6-13(12-7-9-17-10-8-12)15(20)18-14(11(2)19)16(3,4)5;1-2/h7-10,13-14H,6H2,1-5H3,(H,18,20);1-2H3/t13-,14?;/m0./s1. The van der Waals surface area contributed by atoms with E-state index in [0.29, 0.717) is 6.42 Å². The Morgan fingerprint density at radius 3 is 2.05 bits per heavy atom. The second-order valence-electron chi connectivity index (χ2n) is 6.16. The molecule has 0 spiro atoms. The van der Waals surface area contributed by atoms with Crippen molar-refractivity contribution in [3.8, 4) is 0 Å². The van der Waals surface area contributed by atoms with Crippen LogP contribution in [0.5, 0.6) is 0 Å². The Kier molecular flexibility index (Phi) is 8.61. The predicted molar refractivity (Wildman–Crippen MR) is 90.7 cm³/mol. The summed E-state index contributed by atoms with van der Waals surface area (Å²) in [6.07, 6.45) is 4.04. The van der Waals surface area contributed by atoms with Crippen LogP contribution in [0.2, 0.25) is 0 Å². The molecule has 1 aromatic rings. The number of nitrogens with zero attached hydrogens (tertiary/aromatic N) is 1. The molecule has 1 rings (SSSR count). The molecular weight excluding hydrogens is 276 g/mol. The van der Waals surface area contributed by atoms with Crippen molar-refractivity contribution in [3.05, 3.63) is 30.1 Å². The number of carbonyl (C=O) groups is 2. The number of aromatic nitrogens is 1. The van der Waals surface area contributed by atoms with Crippen LogP contribution in [-0.2, 0) is 9.59 Å². The molecule has 0 aliphatic heterocycles. The molecule has 0 saturated heterocycles. The Morgan fingerprint density at radius 2 is 1.68 bits per heavy atom. The van der Waals surface area contributed by atoms with Gasteiger partial charge >= 0.3 is 0 Å². The van der Waals surface area contributed by atoms with Crippen molar-refractivity contribution in [2.45, 2.75) is 66.8 Å². The molecule has 1 amide bonds. The van der Waals surface area contributed by atoms with Crippen LogP contribution in [0.15, 0.2) is 24.5 Å². The van der Waals surface area contributed by atoms with Gasteiger partial charge in [0.1, 0.15) is 0 Å². The summed E-state index contributed by atoms with van der Waals surface area (Å²) >= 11 is 0. The lowest BCUT2D eigenvalue weighted by Gasteiger charge is -2.30. The molecule has 0 radical (unpaired) electrons. The van der Waals surface area contributed by atoms with Gasteiger partial charge in [-0.05, 0) is 36.5 Å². The minimum absolute atomic E-state index is 0.0181. The first kappa shape index (κ1) is 20.3. The van der Waals surface area contributed by atoms with E-state index in [4.69, 9.17) is 0 Å². The van der Waals surface area contributed by atoms with E-state index in [1.807, 2.05) is 53.7 Å². The number of ketones is 1. The lowest BCUT2D eigenvalue weighted by Crippen LogP contribution is -2.49. The van der Waals surface area contributed by atoms with Crippen molar-refractivity contribution >= 4 is 11.7 Å². The Bertz CT molecular complexity index is 464. The third-order valence-corrected chi connectivity index (χ3v) is 3.39. The molecule has 0 bridgehead atoms. The Balaban J connectivity index is 0.00000211. The molecule has 4 heteroatoms. The maximum atomic E-state index is 12.5. The van der Waals surface area contributed by atoms with Crippen LogP contribution in [0.3, 0.4) is 0 Å². The fourth-order valence-electron chi connectivity index (χ4n) is 2.34. The van der Waals surface area contributed by atoms with E-state index in [1.165, 1.54) is 6.92 Å². The van der Waals surface area contributed by atoms with Gasteiger partial charge in [-0.25, -0.2) is 0 Å². The smallest absolute Gasteiger partial charge is 0.228 e. The van der Waals surface area contributed by atoms with Gasteiger partial charge in [0.2, 0.25) is 5.91 Å². The third kappa shape index (κ3) is 5.96. The van der Waals surface area contributed by atoms with Crippen LogP contribution in [-0.4, -0.2) is 22.7 Å². The summed E-state index contributed by atoms with van der Waals surface area (Å²) < 4.78 is 0. The molecule has 1 N–H and O–H groups in total. The summed E-state index contributed by atoms with van der Waals surface area (Å²) in [5.74, 6) is -0.369. The second kappa shape index (κ2) is 9.34. The van der Waals surface area contributed by atoms with Gasteiger partial charge in [0.15, 0.2) is 5.78 Å². The third-order valence-electron chi connectivity index (χ3n) is 3.39. The van der Waals surface area contributed by atoms with Crippen molar-refractivity contribution < 1.29 is 9.59 Å². The number of nitrogens with one attached hydrogen (secondary N) is 1. The first-order valence-electron chi connectivity index (χ1n) is 7.98. The lowest BCUT2D eigenvalue weighted by atomic mass is 9.84. The minimum Gasteiger partial charge on any atom is -0.345 e. The summed E-state index contributed by atoms with van der Waals surface area (Å²) in [5, 5.41) is 2.90. The number of rotatable bonds is 5. The van der Waals surface area contributed by atoms with E-state index in [0.717, 1.165) is 5.56 Å². The molecule has 124 valence electrons. The number of amides is 1. The number of hydrogen-bond donors (Lipinski definition) is 1. The van der Waals surface area contributed by atoms with Gasteiger partial charge in [-0.3, -0.25) is 14.6 Å². The normalized spacial score (nSPS) is 13.4. The number of pyridine rings is 1. The highest BCUT2D eigenvalue weighted by Crippen LogP contribution is 2.23. The molecular formula is C18H30N2O2. The summed E-state index contributed by atoms with van der Waals surface area (Å²) in [6, 6.07) is 3.21. The average Bonchev–Trinajstić information content (AvgIpc) is 2.47. The van der Waals surface area contributed by atoms with E-state index >= 15 is 0 Å². The maximum absolute atomic E-state index is 12.5. The number of Topliss-reactive ketones (excluding diaryl/α,β-unsaturated/α-hetero) is 1. The minimum atomic E-state index is -0.467. The Labute approximate surface area is 134 Å². The van der Waals surface area contributed by atoms with Crippen LogP contribution >= 0.6 is 0 Å². The highest BCUT2D eigenvalue weighted by molar-refractivity contribution is 5.90. The molecule has 1 heterocycles. The first-order chi connectivity index (χ1) is 10.3. The first-order valence-corrected chi connectivity index (χ1v) is 7.98. The van der Waals surface area contributed by atoms with E-state index < -0.39 is 6.04 Å². The van der Waals surface area contributed by atoms with Crippen LogP contribution < -0.4 is 5.32 Å². The van der Waals surface area contributed by atoms with Gasteiger partial charge < -0.3 is 5.32 Å². The lowest BCUT2D eigenvalue weighted by molar-refractivity contribution is -0.130. The molecule has 0 aliphatic rings. The number of hydrogen-bond acceptors (Lipinski definition) is 3.